The molecule has 0 bridgehead atoms. The number of ether oxygens (including phenoxy) is 3. The van der Waals surface area contributed by atoms with Crippen LogP contribution >= 0.6 is 23.4 Å². The SMILES string of the molecule is CCOC(=O)C1=C(C)N=C2SC=CN2[C@@H]1c1ccc(OCc2ccc(Cl)cc2)c(OCC)c1. The van der Waals surface area contributed by atoms with Crippen LogP contribution in [0.4, 0.5) is 0 Å². The molecular formula is C25H25ClN2O4S. The van der Waals surface area contributed by atoms with Gasteiger partial charge in [-0.1, -0.05) is 41.6 Å². The number of carbonyl (C=O) groups is 1. The molecule has 0 aliphatic carbocycles. The molecule has 0 amide bonds. The molecule has 2 aromatic rings. The smallest absolute Gasteiger partial charge is 0.338 e. The lowest BCUT2D eigenvalue weighted by Gasteiger charge is -2.33. The van der Waals surface area contributed by atoms with Gasteiger partial charge in [0.25, 0.3) is 0 Å². The number of aliphatic imine (C=N–C) groups is 1. The average molecular weight is 485 g/mol. The number of carbonyl (C=O) groups excluding carboxylic acids is 1. The van der Waals surface area contributed by atoms with Crippen molar-refractivity contribution in [2.75, 3.05) is 13.2 Å². The van der Waals surface area contributed by atoms with E-state index in [1.54, 1.807) is 6.92 Å². The summed E-state index contributed by atoms with van der Waals surface area (Å²) in [6.07, 6.45) is 1.94. The maximum absolute atomic E-state index is 12.9. The fraction of sp³-hybridized carbons (Fsp3) is 0.280. The highest BCUT2D eigenvalue weighted by atomic mass is 35.5. The van der Waals surface area contributed by atoms with E-state index in [2.05, 4.69) is 4.99 Å². The van der Waals surface area contributed by atoms with E-state index in [1.165, 1.54) is 11.8 Å². The predicted molar refractivity (Wildman–Crippen MR) is 131 cm³/mol. The molecule has 2 aromatic carbocycles. The van der Waals surface area contributed by atoms with E-state index < -0.39 is 0 Å². The molecule has 0 unspecified atom stereocenters. The first-order valence-electron chi connectivity index (χ1n) is 10.7. The maximum Gasteiger partial charge on any atom is 0.338 e. The summed E-state index contributed by atoms with van der Waals surface area (Å²) in [6, 6.07) is 12.9. The summed E-state index contributed by atoms with van der Waals surface area (Å²) in [5.41, 5.74) is 3.06. The highest BCUT2D eigenvalue weighted by molar-refractivity contribution is 8.16. The lowest BCUT2D eigenvalue weighted by Crippen LogP contribution is -2.34. The van der Waals surface area contributed by atoms with Gasteiger partial charge in [0, 0.05) is 11.2 Å². The molecule has 0 N–H and O–H groups in total. The quantitative estimate of drug-likeness (QED) is 0.423. The largest absolute Gasteiger partial charge is 0.490 e. The Hall–Kier alpha value is -2.90. The molecular weight excluding hydrogens is 460 g/mol. The van der Waals surface area contributed by atoms with Gasteiger partial charge in [-0.3, -0.25) is 0 Å². The number of rotatable bonds is 8. The molecule has 2 heterocycles. The number of thioether (sulfide) groups is 1. The molecule has 33 heavy (non-hydrogen) atoms. The zero-order chi connectivity index (χ0) is 23.4. The standard InChI is InChI=1S/C25H25ClN2O4S/c1-4-30-21-14-18(8-11-20(21)32-15-17-6-9-19(26)10-7-17)23-22(24(29)31-5-2)16(3)27-25-28(23)12-13-33-25/h6-14,23H,4-5,15H2,1-3H3/t23-/m1/s1. The van der Waals surface area contributed by atoms with Crippen LogP contribution < -0.4 is 9.47 Å². The van der Waals surface area contributed by atoms with E-state index >= 15 is 0 Å². The third kappa shape index (κ3) is 5.04. The highest BCUT2D eigenvalue weighted by Gasteiger charge is 2.37. The van der Waals surface area contributed by atoms with Crippen molar-refractivity contribution < 1.29 is 19.0 Å². The van der Waals surface area contributed by atoms with Crippen LogP contribution in [0.25, 0.3) is 0 Å². The van der Waals surface area contributed by atoms with Crippen molar-refractivity contribution in [1.29, 1.82) is 0 Å². The lowest BCUT2D eigenvalue weighted by atomic mass is 9.94. The van der Waals surface area contributed by atoms with Gasteiger partial charge >= 0.3 is 5.97 Å². The molecule has 0 spiro atoms. The number of amidine groups is 1. The predicted octanol–water partition coefficient (Wildman–Crippen LogP) is 6.09. The van der Waals surface area contributed by atoms with Gasteiger partial charge in [-0.25, -0.2) is 9.79 Å². The van der Waals surface area contributed by atoms with E-state index in [0.717, 1.165) is 16.3 Å². The van der Waals surface area contributed by atoms with E-state index in [9.17, 15) is 4.79 Å². The van der Waals surface area contributed by atoms with E-state index in [-0.39, 0.29) is 12.0 Å². The fourth-order valence-electron chi connectivity index (χ4n) is 3.72. The molecule has 0 aromatic heterocycles. The van der Waals surface area contributed by atoms with Gasteiger partial charge in [0.05, 0.1) is 30.5 Å². The van der Waals surface area contributed by atoms with E-state index in [0.29, 0.717) is 47.6 Å². The molecule has 1 atom stereocenters. The zero-order valence-corrected chi connectivity index (χ0v) is 20.3. The van der Waals surface area contributed by atoms with Crippen molar-refractivity contribution in [2.45, 2.75) is 33.4 Å². The average Bonchev–Trinajstić information content (AvgIpc) is 3.26. The van der Waals surface area contributed by atoms with Crippen LogP contribution in [0.15, 0.2) is 70.3 Å². The normalized spacial score (nSPS) is 17.0. The molecule has 2 aliphatic rings. The van der Waals surface area contributed by atoms with Crippen LogP contribution in [0, 0.1) is 0 Å². The number of hydrogen-bond donors (Lipinski definition) is 0. The third-order valence-corrected chi connectivity index (χ3v) is 6.23. The summed E-state index contributed by atoms with van der Waals surface area (Å²) in [7, 11) is 0. The third-order valence-electron chi connectivity index (χ3n) is 5.21. The minimum atomic E-state index is -0.368. The Morgan fingerprint density at radius 2 is 1.88 bits per heavy atom. The van der Waals surface area contributed by atoms with Crippen molar-refractivity contribution in [2.24, 2.45) is 4.99 Å². The molecule has 0 radical (unpaired) electrons. The number of esters is 1. The summed E-state index contributed by atoms with van der Waals surface area (Å²) in [5, 5.41) is 3.47. The first-order valence-corrected chi connectivity index (χ1v) is 12.0. The second kappa shape index (κ2) is 10.4. The topological polar surface area (TPSA) is 60.4 Å². The second-order valence-corrected chi connectivity index (χ2v) is 8.69. The van der Waals surface area contributed by atoms with Crippen molar-refractivity contribution >= 4 is 34.5 Å². The Morgan fingerprint density at radius 3 is 2.61 bits per heavy atom. The molecule has 0 saturated heterocycles. The fourth-order valence-corrected chi connectivity index (χ4v) is 4.64. The van der Waals surface area contributed by atoms with E-state index in [1.807, 2.05) is 72.8 Å². The molecule has 8 heteroatoms. The van der Waals surface area contributed by atoms with Crippen LogP contribution in [0.2, 0.25) is 5.02 Å². The Labute approximate surface area is 202 Å². The van der Waals surface area contributed by atoms with Crippen molar-refractivity contribution in [3.8, 4) is 11.5 Å². The number of benzene rings is 2. The Balaban J connectivity index is 1.67. The van der Waals surface area contributed by atoms with Crippen molar-refractivity contribution in [1.82, 2.24) is 4.90 Å². The zero-order valence-electron chi connectivity index (χ0n) is 18.7. The molecule has 6 nitrogen and oxygen atoms in total. The minimum Gasteiger partial charge on any atom is -0.490 e. The van der Waals surface area contributed by atoms with Gasteiger partial charge in [-0.15, -0.1) is 0 Å². The number of halogens is 1. The van der Waals surface area contributed by atoms with Gasteiger partial charge in [0.15, 0.2) is 16.7 Å². The van der Waals surface area contributed by atoms with Gasteiger partial charge in [0.2, 0.25) is 0 Å². The first kappa shape index (κ1) is 23.3. The van der Waals surface area contributed by atoms with Crippen LogP contribution in [-0.4, -0.2) is 29.3 Å². The monoisotopic (exact) mass is 484 g/mol. The molecule has 0 fully saturated rings. The van der Waals surface area contributed by atoms with Crippen molar-refractivity contribution in [3.63, 3.8) is 0 Å². The van der Waals surface area contributed by atoms with Crippen LogP contribution in [0.3, 0.4) is 0 Å². The number of fused-ring (bicyclic) bond motifs is 1. The van der Waals surface area contributed by atoms with Crippen molar-refractivity contribution in [3.05, 3.63) is 81.5 Å². The molecule has 172 valence electrons. The summed E-state index contributed by atoms with van der Waals surface area (Å²) in [5.74, 6) is 0.879. The summed E-state index contributed by atoms with van der Waals surface area (Å²) in [6.45, 7) is 6.73. The maximum atomic E-state index is 12.9. The van der Waals surface area contributed by atoms with Gasteiger partial charge < -0.3 is 19.1 Å². The number of nitrogens with zero attached hydrogens (tertiary/aromatic N) is 2. The second-order valence-electron chi connectivity index (χ2n) is 7.38. The Bertz CT molecular complexity index is 1130. The van der Waals surface area contributed by atoms with E-state index in [4.69, 9.17) is 25.8 Å². The molecule has 0 saturated carbocycles. The Kier molecular flexibility index (Phi) is 7.30. The van der Waals surface area contributed by atoms with Gasteiger partial charge in [-0.2, -0.15) is 0 Å². The van der Waals surface area contributed by atoms with Crippen LogP contribution in [-0.2, 0) is 16.1 Å². The Morgan fingerprint density at radius 1 is 1.09 bits per heavy atom. The minimum absolute atomic E-state index is 0.297. The van der Waals surface area contributed by atoms with Gasteiger partial charge in [-0.05, 0) is 61.6 Å². The summed E-state index contributed by atoms with van der Waals surface area (Å²) in [4.78, 5) is 19.5. The number of allylic oxidation sites excluding steroid dienone is 1. The lowest BCUT2D eigenvalue weighted by molar-refractivity contribution is -0.139. The number of hydrogen-bond acceptors (Lipinski definition) is 7. The first-order chi connectivity index (χ1) is 16.0. The summed E-state index contributed by atoms with van der Waals surface area (Å²) >= 11 is 7.50. The highest BCUT2D eigenvalue weighted by Crippen LogP contribution is 2.43. The van der Waals surface area contributed by atoms with Crippen LogP contribution in [0.5, 0.6) is 11.5 Å². The molecule has 2 aliphatic heterocycles. The molecule has 4 rings (SSSR count). The van der Waals surface area contributed by atoms with Gasteiger partial charge in [0.1, 0.15) is 6.61 Å². The summed E-state index contributed by atoms with van der Waals surface area (Å²) < 4.78 is 17.3. The van der Waals surface area contributed by atoms with Crippen LogP contribution in [0.1, 0.15) is 37.9 Å².